The minimum atomic E-state index is 0.586. The van der Waals surface area contributed by atoms with Gasteiger partial charge in [0.2, 0.25) is 5.13 Å². The maximum atomic E-state index is 6.10. The summed E-state index contributed by atoms with van der Waals surface area (Å²) in [7, 11) is 0. The van der Waals surface area contributed by atoms with E-state index in [1.165, 1.54) is 11.5 Å². The van der Waals surface area contributed by atoms with E-state index in [1.54, 1.807) is 0 Å². The molecule has 0 aliphatic carbocycles. The van der Waals surface area contributed by atoms with Gasteiger partial charge < -0.3 is 5.32 Å². The molecule has 0 aliphatic rings. The Morgan fingerprint density at radius 3 is 2.82 bits per heavy atom. The lowest BCUT2D eigenvalue weighted by atomic mass is 10.2. The van der Waals surface area contributed by atoms with E-state index in [1.807, 2.05) is 24.3 Å². The van der Waals surface area contributed by atoms with Gasteiger partial charge in [0.05, 0.1) is 5.02 Å². The van der Waals surface area contributed by atoms with Crippen molar-refractivity contribution in [2.45, 2.75) is 13.8 Å². The highest BCUT2D eigenvalue weighted by Crippen LogP contribution is 2.27. The first-order valence-electron chi connectivity index (χ1n) is 5.49. The number of aromatic nitrogens is 2. The molecule has 0 bridgehead atoms. The highest BCUT2D eigenvalue weighted by Gasteiger charge is 2.09. The third-order valence-electron chi connectivity index (χ3n) is 2.20. The summed E-state index contributed by atoms with van der Waals surface area (Å²) in [6, 6.07) is 7.61. The van der Waals surface area contributed by atoms with Crippen LogP contribution in [0.25, 0.3) is 11.4 Å². The Morgan fingerprint density at radius 1 is 1.35 bits per heavy atom. The van der Waals surface area contributed by atoms with E-state index >= 15 is 0 Å². The van der Waals surface area contributed by atoms with Gasteiger partial charge in [-0.3, -0.25) is 0 Å². The van der Waals surface area contributed by atoms with Gasteiger partial charge in [-0.2, -0.15) is 9.36 Å². The summed E-state index contributed by atoms with van der Waals surface area (Å²) in [4.78, 5) is 4.43. The van der Waals surface area contributed by atoms with E-state index in [2.05, 4.69) is 28.5 Å². The maximum absolute atomic E-state index is 6.10. The van der Waals surface area contributed by atoms with Gasteiger partial charge in [0.1, 0.15) is 0 Å². The van der Waals surface area contributed by atoms with Crippen LogP contribution in [0.1, 0.15) is 13.8 Å². The van der Waals surface area contributed by atoms with Crippen LogP contribution >= 0.6 is 23.1 Å². The normalized spacial score (nSPS) is 10.8. The molecule has 1 aromatic heterocycles. The largest absolute Gasteiger partial charge is 0.360 e. The summed E-state index contributed by atoms with van der Waals surface area (Å²) in [5.74, 6) is 1.27. The van der Waals surface area contributed by atoms with Crippen molar-refractivity contribution in [1.29, 1.82) is 0 Å². The first kappa shape index (κ1) is 12.3. The Hall–Kier alpha value is -1.13. The number of hydrogen-bond acceptors (Lipinski definition) is 4. The smallest absolute Gasteiger partial charge is 0.202 e. The fraction of sp³-hybridized carbons (Fsp3) is 0.333. The molecule has 0 saturated carbocycles. The minimum absolute atomic E-state index is 0.586. The Morgan fingerprint density at radius 2 is 2.12 bits per heavy atom. The van der Waals surface area contributed by atoms with Crippen LogP contribution in [0.3, 0.4) is 0 Å². The van der Waals surface area contributed by atoms with E-state index in [9.17, 15) is 0 Å². The molecule has 2 aromatic rings. The average molecular weight is 268 g/mol. The lowest BCUT2D eigenvalue weighted by Gasteiger charge is -2.03. The van der Waals surface area contributed by atoms with E-state index < -0.39 is 0 Å². The lowest BCUT2D eigenvalue weighted by molar-refractivity contribution is 0.688. The first-order chi connectivity index (χ1) is 8.16. The SMILES string of the molecule is CC(C)CNc1nc(-c2ccccc2Cl)ns1. The molecular formula is C12H14ClN3S. The number of hydrogen-bond donors (Lipinski definition) is 1. The van der Waals surface area contributed by atoms with Crippen molar-refractivity contribution in [3.8, 4) is 11.4 Å². The molecule has 1 heterocycles. The van der Waals surface area contributed by atoms with Crippen molar-refractivity contribution in [1.82, 2.24) is 9.36 Å². The molecule has 0 atom stereocenters. The van der Waals surface area contributed by atoms with Gasteiger partial charge in [-0.1, -0.05) is 37.6 Å². The Bertz CT molecular complexity index is 496. The lowest BCUT2D eigenvalue weighted by Crippen LogP contribution is -2.07. The number of anilines is 1. The molecule has 3 nitrogen and oxygen atoms in total. The van der Waals surface area contributed by atoms with Crippen molar-refractivity contribution in [3.05, 3.63) is 29.3 Å². The topological polar surface area (TPSA) is 37.8 Å². The molecule has 0 unspecified atom stereocenters. The predicted molar refractivity (Wildman–Crippen MR) is 73.7 cm³/mol. The zero-order chi connectivity index (χ0) is 12.3. The number of halogens is 1. The summed E-state index contributed by atoms with van der Waals surface area (Å²) >= 11 is 7.46. The van der Waals surface area contributed by atoms with Crippen LogP contribution in [0.5, 0.6) is 0 Å². The predicted octanol–water partition coefficient (Wildman–Crippen LogP) is 3.93. The number of nitrogens with one attached hydrogen (secondary N) is 1. The van der Waals surface area contributed by atoms with E-state index in [4.69, 9.17) is 11.6 Å². The van der Waals surface area contributed by atoms with Crippen LogP contribution in [0.15, 0.2) is 24.3 Å². The van der Waals surface area contributed by atoms with Gasteiger partial charge in [0.25, 0.3) is 0 Å². The highest BCUT2D eigenvalue weighted by atomic mass is 35.5. The van der Waals surface area contributed by atoms with Gasteiger partial charge in [-0.15, -0.1) is 0 Å². The summed E-state index contributed by atoms with van der Waals surface area (Å²) in [6.45, 7) is 5.21. The second-order valence-corrected chi connectivity index (χ2v) is 5.34. The van der Waals surface area contributed by atoms with Gasteiger partial charge in [-0.25, -0.2) is 0 Å². The molecule has 0 aliphatic heterocycles. The van der Waals surface area contributed by atoms with Crippen LogP contribution in [0.2, 0.25) is 5.02 Å². The molecular weight excluding hydrogens is 254 g/mol. The van der Waals surface area contributed by atoms with E-state index in [-0.39, 0.29) is 0 Å². The third kappa shape index (κ3) is 3.17. The molecule has 5 heteroatoms. The zero-order valence-corrected chi connectivity index (χ0v) is 11.3. The molecule has 0 fully saturated rings. The molecule has 1 aromatic carbocycles. The van der Waals surface area contributed by atoms with Crippen LogP contribution < -0.4 is 5.32 Å². The highest BCUT2D eigenvalue weighted by molar-refractivity contribution is 7.09. The van der Waals surface area contributed by atoms with Crippen molar-refractivity contribution in [2.24, 2.45) is 5.92 Å². The quantitative estimate of drug-likeness (QED) is 0.912. The standard InChI is InChI=1S/C12H14ClN3S/c1-8(2)7-14-12-15-11(16-17-12)9-5-3-4-6-10(9)13/h3-6,8H,7H2,1-2H3,(H,14,15,16). The molecule has 2 rings (SSSR count). The number of nitrogens with zero attached hydrogens (tertiary/aromatic N) is 2. The van der Waals surface area contributed by atoms with Crippen molar-refractivity contribution < 1.29 is 0 Å². The molecule has 0 saturated heterocycles. The fourth-order valence-corrected chi connectivity index (χ4v) is 2.15. The fourth-order valence-electron chi connectivity index (χ4n) is 1.34. The van der Waals surface area contributed by atoms with Gasteiger partial charge in [0.15, 0.2) is 5.82 Å². The molecule has 17 heavy (non-hydrogen) atoms. The van der Waals surface area contributed by atoms with Gasteiger partial charge in [-0.05, 0) is 18.1 Å². The molecule has 0 amide bonds. The molecule has 1 N–H and O–H groups in total. The molecule has 0 radical (unpaired) electrons. The first-order valence-corrected chi connectivity index (χ1v) is 6.64. The second kappa shape index (κ2) is 5.47. The summed E-state index contributed by atoms with van der Waals surface area (Å²) in [5.41, 5.74) is 0.878. The maximum Gasteiger partial charge on any atom is 0.202 e. The van der Waals surface area contributed by atoms with E-state index in [0.29, 0.717) is 16.8 Å². The summed E-state index contributed by atoms with van der Waals surface area (Å²) < 4.78 is 4.31. The Kier molecular flexibility index (Phi) is 3.97. The monoisotopic (exact) mass is 267 g/mol. The summed E-state index contributed by atoms with van der Waals surface area (Å²) in [6.07, 6.45) is 0. The molecule has 90 valence electrons. The van der Waals surface area contributed by atoms with Crippen LogP contribution in [-0.2, 0) is 0 Å². The second-order valence-electron chi connectivity index (χ2n) is 4.18. The van der Waals surface area contributed by atoms with Crippen molar-refractivity contribution in [2.75, 3.05) is 11.9 Å². The average Bonchev–Trinajstić information content (AvgIpc) is 2.75. The van der Waals surface area contributed by atoms with E-state index in [0.717, 1.165) is 17.2 Å². The number of benzene rings is 1. The Labute approximate surface area is 110 Å². The third-order valence-corrected chi connectivity index (χ3v) is 3.20. The van der Waals surface area contributed by atoms with Crippen LogP contribution in [-0.4, -0.2) is 15.9 Å². The van der Waals surface area contributed by atoms with Gasteiger partial charge >= 0.3 is 0 Å². The molecule has 0 spiro atoms. The zero-order valence-electron chi connectivity index (χ0n) is 9.77. The van der Waals surface area contributed by atoms with Crippen LogP contribution in [0, 0.1) is 5.92 Å². The minimum Gasteiger partial charge on any atom is -0.360 e. The summed E-state index contributed by atoms with van der Waals surface area (Å²) in [5, 5.41) is 4.78. The van der Waals surface area contributed by atoms with Gasteiger partial charge in [0, 0.05) is 23.6 Å². The number of rotatable bonds is 4. The van der Waals surface area contributed by atoms with Crippen LogP contribution in [0.4, 0.5) is 5.13 Å². The van der Waals surface area contributed by atoms with Crippen molar-refractivity contribution >= 4 is 28.3 Å². The Balaban J connectivity index is 2.16. The van der Waals surface area contributed by atoms with Crippen molar-refractivity contribution in [3.63, 3.8) is 0 Å².